The summed E-state index contributed by atoms with van der Waals surface area (Å²) in [7, 11) is 0. The van der Waals surface area contributed by atoms with Gasteiger partial charge in [0.1, 0.15) is 4.60 Å². The Morgan fingerprint density at radius 1 is 1.38 bits per heavy atom. The lowest BCUT2D eigenvalue weighted by Crippen LogP contribution is -1.90. The average Bonchev–Trinajstić information content (AvgIpc) is 2.53. The molecule has 0 N–H and O–H groups in total. The molecular formula is C9H5BrClN2. The number of nitrogens with zero attached hydrogens (tertiary/aromatic N) is 2. The molecule has 0 atom stereocenters. The predicted molar refractivity (Wildman–Crippen MR) is 55.1 cm³/mol. The zero-order chi connectivity index (χ0) is 9.26. The van der Waals surface area contributed by atoms with Crippen LogP contribution in [-0.2, 0) is 0 Å². The van der Waals surface area contributed by atoms with Crippen LogP contribution in [0.2, 0.25) is 5.02 Å². The zero-order valence-electron chi connectivity index (χ0n) is 6.54. The van der Waals surface area contributed by atoms with Gasteiger partial charge in [-0.1, -0.05) is 23.7 Å². The topological polar surface area (TPSA) is 17.8 Å². The summed E-state index contributed by atoms with van der Waals surface area (Å²) in [5.41, 5.74) is 0.877. The number of halogens is 2. The summed E-state index contributed by atoms with van der Waals surface area (Å²) < 4.78 is 2.49. The normalized spacial score (nSPS) is 10.3. The van der Waals surface area contributed by atoms with E-state index in [1.807, 2.05) is 24.3 Å². The van der Waals surface area contributed by atoms with E-state index in [-0.39, 0.29) is 0 Å². The summed E-state index contributed by atoms with van der Waals surface area (Å²) in [4.78, 5) is 3.93. The van der Waals surface area contributed by atoms with Crippen LogP contribution in [0.3, 0.4) is 0 Å². The molecular weight excluding hydrogens is 251 g/mol. The van der Waals surface area contributed by atoms with E-state index < -0.39 is 0 Å². The van der Waals surface area contributed by atoms with Crippen molar-refractivity contribution < 1.29 is 0 Å². The fourth-order valence-electron chi connectivity index (χ4n) is 1.04. The monoisotopic (exact) mass is 255 g/mol. The Morgan fingerprint density at radius 2 is 2.15 bits per heavy atom. The van der Waals surface area contributed by atoms with Crippen molar-refractivity contribution in [1.82, 2.24) is 9.55 Å². The van der Waals surface area contributed by atoms with Crippen LogP contribution in [0.1, 0.15) is 0 Å². The highest BCUT2D eigenvalue weighted by molar-refractivity contribution is 9.10. The van der Waals surface area contributed by atoms with Crippen LogP contribution in [-0.4, -0.2) is 9.55 Å². The van der Waals surface area contributed by atoms with Gasteiger partial charge in [-0.15, -0.1) is 0 Å². The van der Waals surface area contributed by atoms with Gasteiger partial charge in [0.25, 0.3) is 0 Å². The molecule has 2 rings (SSSR count). The Bertz CT molecular complexity index is 425. The second kappa shape index (κ2) is 3.52. The van der Waals surface area contributed by atoms with E-state index in [1.165, 1.54) is 0 Å². The smallest absolute Gasteiger partial charge is 0.182 e. The van der Waals surface area contributed by atoms with E-state index in [4.69, 9.17) is 11.6 Å². The lowest BCUT2D eigenvalue weighted by Gasteiger charge is -2.02. The summed E-state index contributed by atoms with van der Waals surface area (Å²) >= 11 is 9.23. The molecule has 2 aromatic rings. The molecule has 2 nitrogen and oxygen atoms in total. The first-order valence-corrected chi connectivity index (χ1v) is 4.82. The van der Waals surface area contributed by atoms with Gasteiger partial charge in [-0.3, -0.25) is 4.57 Å². The number of aromatic nitrogens is 2. The van der Waals surface area contributed by atoms with Gasteiger partial charge in [0.2, 0.25) is 0 Å². The van der Waals surface area contributed by atoms with Gasteiger partial charge in [0.05, 0.1) is 10.7 Å². The summed E-state index contributed by atoms with van der Waals surface area (Å²) in [5.74, 6) is 0. The van der Waals surface area contributed by atoms with Crippen molar-refractivity contribution in [3.05, 3.63) is 46.4 Å². The zero-order valence-corrected chi connectivity index (χ0v) is 8.88. The van der Waals surface area contributed by atoms with Crippen LogP contribution in [0.5, 0.6) is 0 Å². The maximum absolute atomic E-state index is 5.98. The van der Waals surface area contributed by atoms with Crippen LogP contribution in [0.25, 0.3) is 5.69 Å². The molecule has 1 heterocycles. The molecule has 65 valence electrons. The van der Waals surface area contributed by atoms with E-state index in [9.17, 15) is 0 Å². The average molecular weight is 257 g/mol. The third-order valence-electron chi connectivity index (χ3n) is 1.61. The fraction of sp³-hybridized carbons (Fsp3) is 0. The predicted octanol–water partition coefficient (Wildman–Crippen LogP) is 3.09. The lowest BCUT2D eigenvalue weighted by molar-refractivity contribution is 1.04. The Morgan fingerprint density at radius 3 is 2.77 bits per heavy atom. The molecule has 0 fully saturated rings. The highest BCUT2D eigenvalue weighted by atomic mass is 79.9. The van der Waals surface area contributed by atoms with Crippen LogP contribution < -0.4 is 0 Å². The maximum atomic E-state index is 5.98. The molecule has 0 bridgehead atoms. The van der Waals surface area contributed by atoms with Crippen molar-refractivity contribution >= 4 is 27.5 Å². The lowest BCUT2D eigenvalue weighted by atomic mass is 10.3. The molecule has 1 radical (unpaired) electrons. The number of hydrogen-bond donors (Lipinski definition) is 0. The molecule has 0 aliphatic carbocycles. The Balaban J connectivity index is 2.52. The molecule has 0 saturated heterocycles. The van der Waals surface area contributed by atoms with E-state index in [0.717, 1.165) is 10.3 Å². The number of hydrogen-bond acceptors (Lipinski definition) is 1. The number of para-hydroxylation sites is 1. The number of imidazole rings is 1. The summed E-state index contributed by atoms with van der Waals surface area (Å²) in [5, 5.41) is 0.684. The van der Waals surface area contributed by atoms with Crippen molar-refractivity contribution in [2.24, 2.45) is 0 Å². The second-order valence-corrected chi connectivity index (χ2v) is 3.70. The minimum atomic E-state index is 0.684. The van der Waals surface area contributed by atoms with E-state index >= 15 is 0 Å². The minimum absolute atomic E-state index is 0.684. The molecule has 0 aliphatic heterocycles. The maximum Gasteiger partial charge on any atom is 0.182 e. The third kappa shape index (κ3) is 1.76. The highest BCUT2D eigenvalue weighted by Crippen LogP contribution is 2.20. The Hall–Kier alpha value is -0.800. The number of rotatable bonds is 1. The first-order valence-electron chi connectivity index (χ1n) is 3.65. The second-order valence-electron chi connectivity index (χ2n) is 2.49. The first-order chi connectivity index (χ1) is 6.27. The summed E-state index contributed by atoms with van der Waals surface area (Å²) in [6.07, 6.45) is 4.60. The van der Waals surface area contributed by atoms with Crippen LogP contribution in [0.4, 0.5) is 0 Å². The van der Waals surface area contributed by atoms with Gasteiger partial charge in [0.15, 0.2) is 6.33 Å². The number of benzene rings is 1. The molecule has 1 aromatic carbocycles. The largest absolute Gasteiger partial charge is 0.294 e. The van der Waals surface area contributed by atoms with Crippen molar-refractivity contribution in [1.29, 1.82) is 0 Å². The SMILES string of the molecule is Clc1ccccc1-n1[c]nc(Br)c1. The molecule has 0 aliphatic rings. The van der Waals surface area contributed by atoms with Crippen molar-refractivity contribution in [2.45, 2.75) is 0 Å². The quantitative estimate of drug-likeness (QED) is 0.767. The standard InChI is InChI=1S/C9H5BrClN2/c10-9-5-13(6-12-9)8-4-2-1-3-7(8)11/h1-5H. The Kier molecular flexibility index (Phi) is 2.38. The molecule has 13 heavy (non-hydrogen) atoms. The van der Waals surface area contributed by atoms with Crippen LogP contribution >= 0.6 is 27.5 Å². The molecule has 4 heteroatoms. The first kappa shape index (κ1) is 8.78. The molecule has 0 unspecified atom stereocenters. The minimum Gasteiger partial charge on any atom is -0.294 e. The highest BCUT2D eigenvalue weighted by Gasteiger charge is 2.02. The molecule has 0 spiro atoms. The fourth-order valence-corrected chi connectivity index (χ4v) is 1.55. The van der Waals surface area contributed by atoms with Crippen LogP contribution in [0.15, 0.2) is 35.1 Å². The van der Waals surface area contributed by atoms with E-state index in [2.05, 4.69) is 27.2 Å². The van der Waals surface area contributed by atoms with Gasteiger partial charge >= 0.3 is 0 Å². The van der Waals surface area contributed by atoms with E-state index in [1.54, 1.807) is 10.8 Å². The Labute approximate surface area is 89.3 Å². The molecule has 0 saturated carbocycles. The summed E-state index contributed by atoms with van der Waals surface area (Å²) in [6.45, 7) is 0. The summed E-state index contributed by atoms with van der Waals surface area (Å²) in [6, 6.07) is 7.55. The third-order valence-corrected chi connectivity index (χ3v) is 2.31. The van der Waals surface area contributed by atoms with Crippen molar-refractivity contribution in [2.75, 3.05) is 0 Å². The van der Waals surface area contributed by atoms with Gasteiger partial charge in [-0.25, -0.2) is 4.98 Å². The van der Waals surface area contributed by atoms with Gasteiger partial charge in [0, 0.05) is 6.20 Å². The van der Waals surface area contributed by atoms with Gasteiger partial charge < -0.3 is 0 Å². The van der Waals surface area contributed by atoms with Crippen molar-refractivity contribution in [3.63, 3.8) is 0 Å². The van der Waals surface area contributed by atoms with Crippen molar-refractivity contribution in [3.8, 4) is 5.69 Å². The van der Waals surface area contributed by atoms with Crippen LogP contribution in [0, 0.1) is 6.33 Å². The van der Waals surface area contributed by atoms with E-state index in [0.29, 0.717) is 5.02 Å². The van der Waals surface area contributed by atoms with Gasteiger partial charge in [-0.2, -0.15) is 0 Å². The van der Waals surface area contributed by atoms with Gasteiger partial charge in [-0.05, 0) is 28.1 Å². The molecule has 0 amide bonds. The molecule has 1 aromatic heterocycles.